The number of pyridine rings is 1. The van der Waals surface area contributed by atoms with Crippen LogP contribution in [0.25, 0.3) is 10.8 Å². The molecule has 4 aromatic rings. The second-order valence-electron chi connectivity index (χ2n) is 11.5. The summed E-state index contributed by atoms with van der Waals surface area (Å²) in [4.78, 5) is 35.5. The SMILES string of the molecule is C[C@@H]1CN(C(=O)C(N)Cc2ccc(Cl)cc2Cl)[C@@H](CCCNc2cccc(N)n2)CN1C(=O)Cc1ccc2ccccc2c1. The van der Waals surface area contributed by atoms with Crippen LogP contribution < -0.4 is 16.8 Å². The van der Waals surface area contributed by atoms with Crippen LogP contribution in [0.5, 0.6) is 0 Å². The summed E-state index contributed by atoms with van der Waals surface area (Å²) in [5, 5.41) is 6.56. The quantitative estimate of drug-likeness (QED) is 0.197. The van der Waals surface area contributed by atoms with Gasteiger partial charge in [0.15, 0.2) is 0 Å². The van der Waals surface area contributed by atoms with E-state index in [0.717, 1.165) is 28.3 Å². The summed E-state index contributed by atoms with van der Waals surface area (Å²) < 4.78 is 0. The average molecular weight is 634 g/mol. The highest BCUT2D eigenvalue weighted by Crippen LogP contribution is 2.25. The third kappa shape index (κ3) is 7.80. The molecule has 1 fully saturated rings. The Bertz CT molecular complexity index is 1630. The molecule has 3 atom stereocenters. The van der Waals surface area contributed by atoms with Crippen molar-refractivity contribution in [1.82, 2.24) is 14.8 Å². The van der Waals surface area contributed by atoms with E-state index in [9.17, 15) is 9.59 Å². The topological polar surface area (TPSA) is 118 Å². The van der Waals surface area contributed by atoms with Crippen molar-refractivity contribution in [2.75, 3.05) is 30.7 Å². The zero-order chi connectivity index (χ0) is 31.2. The van der Waals surface area contributed by atoms with E-state index in [0.29, 0.717) is 60.6 Å². The van der Waals surface area contributed by atoms with E-state index in [-0.39, 0.29) is 23.9 Å². The van der Waals surface area contributed by atoms with Crippen LogP contribution in [-0.2, 0) is 22.4 Å². The molecule has 1 aliphatic rings. The maximum absolute atomic E-state index is 13.8. The number of fused-ring (bicyclic) bond motifs is 1. The number of anilines is 2. The molecular formula is C34H38Cl2N6O2. The third-order valence-electron chi connectivity index (χ3n) is 8.18. The molecule has 1 aliphatic heterocycles. The van der Waals surface area contributed by atoms with Gasteiger partial charge in [0.25, 0.3) is 0 Å². The van der Waals surface area contributed by atoms with Gasteiger partial charge in [0.05, 0.1) is 12.5 Å². The fourth-order valence-corrected chi connectivity index (χ4v) is 6.34. The summed E-state index contributed by atoms with van der Waals surface area (Å²) in [6, 6.07) is 23.8. The molecule has 230 valence electrons. The van der Waals surface area contributed by atoms with E-state index < -0.39 is 6.04 Å². The lowest BCUT2D eigenvalue weighted by Crippen LogP contribution is -2.63. The Morgan fingerprint density at radius 3 is 2.55 bits per heavy atom. The van der Waals surface area contributed by atoms with Gasteiger partial charge in [-0.1, -0.05) is 77.8 Å². The lowest BCUT2D eigenvalue weighted by atomic mass is 9.98. The number of benzene rings is 3. The first kappa shape index (κ1) is 31.6. The molecule has 0 aliphatic carbocycles. The lowest BCUT2D eigenvalue weighted by Gasteiger charge is -2.46. The molecule has 8 nitrogen and oxygen atoms in total. The molecule has 0 saturated carbocycles. The highest BCUT2D eigenvalue weighted by atomic mass is 35.5. The molecule has 3 aromatic carbocycles. The number of piperazine rings is 1. The zero-order valence-corrected chi connectivity index (χ0v) is 26.3. The fraction of sp³-hybridized carbons (Fsp3) is 0.324. The van der Waals surface area contributed by atoms with Gasteiger partial charge in [-0.3, -0.25) is 9.59 Å². The minimum Gasteiger partial charge on any atom is -0.384 e. The maximum Gasteiger partial charge on any atom is 0.240 e. The van der Waals surface area contributed by atoms with Crippen LogP contribution in [-0.4, -0.2) is 64.4 Å². The van der Waals surface area contributed by atoms with Crippen LogP contribution in [0.4, 0.5) is 11.6 Å². The summed E-state index contributed by atoms with van der Waals surface area (Å²) in [6.07, 6.45) is 2.03. The number of nitrogens with one attached hydrogen (secondary N) is 1. The van der Waals surface area contributed by atoms with E-state index in [2.05, 4.69) is 34.6 Å². The number of nitrogen functional groups attached to an aromatic ring is 1. The Hall–Kier alpha value is -3.85. The minimum absolute atomic E-state index is 0.0456. The molecule has 1 saturated heterocycles. The summed E-state index contributed by atoms with van der Waals surface area (Å²) >= 11 is 12.4. The molecule has 2 heterocycles. The molecule has 1 aromatic heterocycles. The van der Waals surface area contributed by atoms with Crippen LogP contribution in [0.1, 0.15) is 30.9 Å². The van der Waals surface area contributed by atoms with Crippen molar-refractivity contribution in [3.8, 4) is 0 Å². The molecule has 2 amide bonds. The van der Waals surface area contributed by atoms with Crippen molar-refractivity contribution in [1.29, 1.82) is 0 Å². The third-order valence-corrected chi connectivity index (χ3v) is 8.76. The number of carbonyl (C=O) groups excluding carboxylic acids is 2. The van der Waals surface area contributed by atoms with E-state index in [1.54, 1.807) is 24.3 Å². The van der Waals surface area contributed by atoms with Gasteiger partial charge in [-0.05, 0) is 72.4 Å². The number of nitrogens with zero attached hydrogens (tertiary/aromatic N) is 3. The Labute approximate surface area is 268 Å². The molecule has 0 spiro atoms. The van der Waals surface area contributed by atoms with Crippen molar-refractivity contribution in [3.05, 3.63) is 100 Å². The van der Waals surface area contributed by atoms with Gasteiger partial charge >= 0.3 is 0 Å². The molecule has 44 heavy (non-hydrogen) atoms. The number of nitrogens with two attached hydrogens (primary N) is 2. The number of halogens is 2. The predicted octanol–water partition coefficient (Wildman–Crippen LogP) is 5.56. The normalized spacial score (nSPS) is 17.5. The number of amides is 2. The Morgan fingerprint density at radius 1 is 0.977 bits per heavy atom. The first-order valence-electron chi connectivity index (χ1n) is 14.9. The zero-order valence-electron chi connectivity index (χ0n) is 24.8. The van der Waals surface area contributed by atoms with Crippen LogP contribution in [0.2, 0.25) is 10.0 Å². The monoisotopic (exact) mass is 632 g/mol. The van der Waals surface area contributed by atoms with E-state index in [1.807, 2.05) is 47.1 Å². The highest BCUT2D eigenvalue weighted by Gasteiger charge is 2.37. The number of carbonyl (C=O) groups is 2. The van der Waals surface area contributed by atoms with Gasteiger partial charge in [-0.2, -0.15) is 0 Å². The van der Waals surface area contributed by atoms with Crippen molar-refractivity contribution in [2.24, 2.45) is 5.73 Å². The average Bonchev–Trinajstić information content (AvgIpc) is 3.00. The molecule has 5 N–H and O–H groups in total. The van der Waals surface area contributed by atoms with Crippen LogP contribution >= 0.6 is 23.2 Å². The number of rotatable bonds is 10. The van der Waals surface area contributed by atoms with Crippen molar-refractivity contribution >= 4 is 57.4 Å². The highest BCUT2D eigenvalue weighted by molar-refractivity contribution is 6.35. The Balaban J connectivity index is 1.29. The van der Waals surface area contributed by atoms with Crippen molar-refractivity contribution in [2.45, 2.75) is 50.7 Å². The Kier molecular flexibility index (Phi) is 10.3. The second-order valence-corrected chi connectivity index (χ2v) is 12.3. The molecule has 5 rings (SSSR count). The van der Waals surface area contributed by atoms with E-state index in [4.69, 9.17) is 34.7 Å². The first-order valence-corrected chi connectivity index (χ1v) is 15.7. The summed E-state index contributed by atoms with van der Waals surface area (Å²) in [5.74, 6) is 1.04. The lowest BCUT2D eigenvalue weighted by molar-refractivity contribution is -0.147. The van der Waals surface area contributed by atoms with Crippen molar-refractivity contribution in [3.63, 3.8) is 0 Å². The molecule has 0 bridgehead atoms. The van der Waals surface area contributed by atoms with Crippen LogP contribution in [0.3, 0.4) is 0 Å². The van der Waals surface area contributed by atoms with Crippen molar-refractivity contribution < 1.29 is 9.59 Å². The second kappa shape index (κ2) is 14.3. The maximum atomic E-state index is 13.8. The summed E-state index contributed by atoms with van der Waals surface area (Å²) in [5.41, 5.74) is 14.0. The van der Waals surface area contributed by atoms with Gasteiger partial charge in [-0.25, -0.2) is 4.98 Å². The van der Waals surface area contributed by atoms with Gasteiger partial charge < -0.3 is 26.6 Å². The molecule has 0 radical (unpaired) electrons. The molecule has 1 unspecified atom stereocenters. The van der Waals surface area contributed by atoms with Gasteiger partial charge in [-0.15, -0.1) is 0 Å². The smallest absolute Gasteiger partial charge is 0.240 e. The summed E-state index contributed by atoms with van der Waals surface area (Å²) in [7, 11) is 0. The van der Waals surface area contributed by atoms with E-state index >= 15 is 0 Å². The van der Waals surface area contributed by atoms with Gasteiger partial charge in [0, 0.05) is 41.8 Å². The summed E-state index contributed by atoms with van der Waals surface area (Å²) in [6.45, 7) is 3.47. The van der Waals surface area contributed by atoms with E-state index in [1.165, 1.54) is 0 Å². The predicted molar refractivity (Wildman–Crippen MR) is 179 cm³/mol. The number of hydrogen-bond acceptors (Lipinski definition) is 6. The fourth-order valence-electron chi connectivity index (χ4n) is 5.86. The van der Waals surface area contributed by atoms with Gasteiger partial charge in [0.2, 0.25) is 11.8 Å². The number of aromatic nitrogens is 1. The molecular weight excluding hydrogens is 595 g/mol. The Morgan fingerprint density at radius 2 is 1.77 bits per heavy atom. The number of hydrogen-bond donors (Lipinski definition) is 3. The van der Waals surface area contributed by atoms with Crippen LogP contribution in [0, 0.1) is 0 Å². The van der Waals surface area contributed by atoms with Crippen LogP contribution in [0.15, 0.2) is 78.9 Å². The molecule has 10 heteroatoms. The first-order chi connectivity index (χ1) is 21.2. The van der Waals surface area contributed by atoms with Gasteiger partial charge in [0.1, 0.15) is 11.6 Å². The minimum atomic E-state index is -0.780. The standard InChI is InChI=1S/C34H38Cl2N6O2/c1-22-20-42(34(44)30(37)18-26-13-14-27(35)19-29(26)36)28(8-5-15-39-32-10-4-9-31(38)40-32)21-41(22)33(43)17-23-11-12-24-6-2-3-7-25(24)16-23/h2-4,6-7,9-14,16,19,22,28,30H,5,8,15,17-18,20-21,37H2,1H3,(H3,38,39,40)/t22-,28+,30?/m1/s1. The largest absolute Gasteiger partial charge is 0.384 e.